The van der Waals surface area contributed by atoms with Crippen molar-refractivity contribution in [3.05, 3.63) is 53.6 Å². The van der Waals surface area contributed by atoms with E-state index in [0.717, 1.165) is 48.7 Å². The van der Waals surface area contributed by atoms with Gasteiger partial charge in [0.05, 0.1) is 5.69 Å². The topological polar surface area (TPSA) is 93.9 Å². The number of anilines is 1. The summed E-state index contributed by atoms with van der Waals surface area (Å²) in [6, 6.07) is 13.1. The van der Waals surface area contributed by atoms with Crippen LogP contribution in [0.5, 0.6) is 11.5 Å². The second-order valence-electron chi connectivity index (χ2n) is 6.09. The predicted octanol–water partition coefficient (Wildman–Crippen LogP) is 2.80. The lowest BCUT2D eigenvalue weighted by molar-refractivity contribution is 0.100. The zero-order valence-electron chi connectivity index (χ0n) is 14.2. The Balaban J connectivity index is 1.98. The largest absolute Gasteiger partial charge is 0.455 e. The molecule has 0 saturated carbocycles. The summed E-state index contributed by atoms with van der Waals surface area (Å²) in [5.74, 6) is 0.819. The number of carbonyl (C=O) groups is 1. The first-order valence-corrected chi connectivity index (χ1v) is 8.31. The highest BCUT2D eigenvalue weighted by Crippen LogP contribution is 2.36. The van der Waals surface area contributed by atoms with Crippen molar-refractivity contribution in [2.75, 3.05) is 18.0 Å². The number of hydrogen-bond acceptors (Lipinski definition) is 3. The molecule has 2 aromatic rings. The lowest BCUT2D eigenvalue weighted by Gasteiger charge is -2.22. The number of para-hydroxylation sites is 1. The first-order chi connectivity index (χ1) is 12.0. The van der Waals surface area contributed by atoms with Crippen LogP contribution in [-0.4, -0.2) is 25.0 Å². The van der Waals surface area contributed by atoms with Crippen molar-refractivity contribution in [3.8, 4) is 11.5 Å². The number of nitrogens with two attached hydrogens (primary N) is 2. The van der Waals surface area contributed by atoms with Gasteiger partial charge in [-0.1, -0.05) is 18.2 Å². The van der Waals surface area contributed by atoms with Crippen LogP contribution in [0.15, 0.2) is 47.5 Å². The minimum absolute atomic E-state index is 0.243. The van der Waals surface area contributed by atoms with Gasteiger partial charge in [-0.05, 0) is 49.6 Å². The van der Waals surface area contributed by atoms with Crippen LogP contribution in [0.3, 0.4) is 0 Å². The maximum absolute atomic E-state index is 12.1. The first kappa shape index (κ1) is 16.8. The van der Waals surface area contributed by atoms with Gasteiger partial charge < -0.3 is 21.1 Å². The quantitative estimate of drug-likeness (QED) is 0.660. The van der Waals surface area contributed by atoms with Crippen molar-refractivity contribution < 1.29 is 9.53 Å². The van der Waals surface area contributed by atoms with Crippen molar-refractivity contribution in [1.29, 1.82) is 0 Å². The first-order valence-electron chi connectivity index (χ1n) is 8.31. The molecule has 25 heavy (non-hydrogen) atoms. The third-order valence-electron chi connectivity index (χ3n) is 4.20. The van der Waals surface area contributed by atoms with Crippen LogP contribution >= 0.6 is 0 Å². The number of carbonyl (C=O) groups excluding carboxylic acids is 1. The summed E-state index contributed by atoms with van der Waals surface area (Å²) >= 11 is 0. The van der Waals surface area contributed by atoms with Crippen LogP contribution in [0.1, 0.15) is 28.8 Å². The summed E-state index contributed by atoms with van der Waals surface area (Å²) in [7, 11) is 0. The molecule has 130 valence electrons. The number of hydrogen-bond donors (Lipinski definition) is 2. The predicted molar refractivity (Wildman–Crippen MR) is 99.3 cm³/mol. The van der Waals surface area contributed by atoms with Crippen LogP contribution in [0.4, 0.5) is 5.69 Å². The molecule has 0 spiro atoms. The highest BCUT2D eigenvalue weighted by molar-refractivity contribution is 6.02. The summed E-state index contributed by atoms with van der Waals surface area (Å²) in [6.07, 6.45) is 2.24. The van der Waals surface area contributed by atoms with Gasteiger partial charge in [-0.3, -0.25) is 4.79 Å². The standard InChI is InChI=1S/C19H22N4O2/c1-13-6-2-3-7-16(13)25-17-9-8-14(18(24)22-19(20)21)12-15(17)23-10-4-5-11-23/h2-3,6-9,12H,4-5,10-11H2,1H3,(H4,20,21,22,24). The van der Waals surface area contributed by atoms with Crippen molar-refractivity contribution in [2.24, 2.45) is 16.5 Å². The molecule has 1 amide bonds. The molecule has 1 fully saturated rings. The minimum Gasteiger partial charge on any atom is -0.455 e. The highest BCUT2D eigenvalue weighted by atomic mass is 16.5. The Labute approximate surface area is 147 Å². The van der Waals surface area contributed by atoms with Gasteiger partial charge in [0, 0.05) is 18.7 Å². The number of amides is 1. The van der Waals surface area contributed by atoms with E-state index >= 15 is 0 Å². The van der Waals surface area contributed by atoms with E-state index < -0.39 is 5.91 Å². The fraction of sp³-hybridized carbons (Fsp3) is 0.263. The van der Waals surface area contributed by atoms with Gasteiger partial charge in [-0.2, -0.15) is 4.99 Å². The van der Waals surface area contributed by atoms with Gasteiger partial charge in [-0.25, -0.2) is 0 Å². The Morgan fingerprint density at radius 1 is 1.08 bits per heavy atom. The number of ether oxygens (including phenoxy) is 1. The van der Waals surface area contributed by atoms with Crippen molar-refractivity contribution in [2.45, 2.75) is 19.8 Å². The molecule has 0 unspecified atom stereocenters. The Kier molecular flexibility index (Phi) is 4.88. The second kappa shape index (κ2) is 7.25. The molecule has 0 aromatic heterocycles. The van der Waals surface area contributed by atoms with E-state index in [4.69, 9.17) is 16.2 Å². The van der Waals surface area contributed by atoms with Crippen molar-refractivity contribution in [1.82, 2.24) is 0 Å². The van der Waals surface area contributed by atoms with Crippen molar-refractivity contribution in [3.63, 3.8) is 0 Å². The van der Waals surface area contributed by atoms with E-state index in [2.05, 4.69) is 9.89 Å². The summed E-state index contributed by atoms with van der Waals surface area (Å²) in [5, 5.41) is 0. The Morgan fingerprint density at radius 2 is 1.80 bits per heavy atom. The summed E-state index contributed by atoms with van der Waals surface area (Å²) in [4.78, 5) is 18.0. The molecule has 0 aliphatic carbocycles. The highest BCUT2D eigenvalue weighted by Gasteiger charge is 2.19. The van der Waals surface area contributed by atoms with Crippen LogP contribution < -0.4 is 21.1 Å². The van der Waals surface area contributed by atoms with Gasteiger partial charge >= 0.3 is 0 Å². The number of nitrogens with zero attached hydrogens (tertiary/aromatic N) is 2. The fourth-order valence-electron chi connectivity index (χ4n) is 2.91. The van der Waals surface area contributed by atoms with Crippen molar-refractivity contribution >= 4 is 17.6 Å². The Morgan fingerprint density at radius 3 is 2.48 bits per heavy atom. The Bertz CT molecular complexity index is 807. The number of aryl methyl sites for hydroxylation is 1. The number of guanidine groups is 1. The normalized spacial score (nSPS) is 13.6. The van der Waals surface area contributed by atoms with Crippen LogP contribution in [0.25, 0.3) is 0 Å². The number of benzene rings is 2. The fourth-order valence-corrected chi connectivity index (χ4v) is 2.91. The smallest absolute Gasteiger partial charge is 0.280 e. The molecule has 0 radical (unpaired) electrons. The Hall–Kier alpha value is -3.02. The molecule has 4 N–H and O–H groups in total. The molecule has 0 bridgehead atoms. The average Bonchev–Trinajstić information content (AvgIpc) is 3.11. The molecule has 2 aromatic carbocycles. The summed E-state index contributed by atoms with van der Waals surface area (Å²) in [5.41, 5.74) is 13.0. The molecule has 1 aliphatic heterocycles. The van der Waals surface area contributed by atoms with E-state index in [0.29, 0.717) is 5.56 Å². The summed E-state index contributed by atoms with van der Waals surface area (Å²) in [6.45, 7) is 3.87. The van der Waals surface area contributed by atoms with Gasteiger partial charge in [0.2, 0.25) is 0 Å². The van der Waals surface area contributed by atoms with Gasteiger partial charge in [0.25, 0.3) is 5.91 Å². The van der Waals surface area contributed by atoms with E-state index in [9.17, 15) is 4.79 Å². The van der Waals surface area contributed by atoms with Gasteiger partial charge in [0.1, 0.15) is 5.75 Å². The third-order valence-corrected chi connectivity index (χ3v) is 4.20. The van der Waals surface area contributed by atoms with E-state index in [1.807, 2.05) is 31.2 Å². The molecule has 1 aliphatic rings. The van der Waals surface area contributed by atoms with Gasteiger partial charge in [-0.15, -0.1) is 0 Å². The lowest BCUT2D eigenvalue weighted by Crippen LogP contribution is -2.24. The maximum Gasteiger partial charge on any atom is 0.280 e. The van der Waals surface area contributed by atoms with Crippen LogP contribution in [-0.2, 0) is 0 Å². The van der Waals surface area contributed by atoms with E-state index in [1.165, 1.54) is 0 Å². The summed E-state index contributed by atoms with van der Waals surface area (Å²) < 4.78 is 6.13. The van der Waals surface area contributed by atoms with E-state index in [1.54, 1.807) is 18.2 Å². The zero-order chi connectivity index (χ0) is 17.8. The molecular weight excluding hydrogens is 316 g/mol. The molecule has 1 heterocycles. The SMILES string of the molecule is Cc1ccccc1Oc1ccc(C(=O)N=C(N)N)cc1N1CCCC1. The molecule has 6 heteroatoms. The monoisotopic (exact) mass is 338 g/mol. The number of aliphatic imine (C=N–C) groups is 1. The number of rotatable bonds is 4. The molecule has 3 rings (SSSR count). The zero-order valence-corrected chi connectivity index (χ0v) is 14.2. The van der Waals surface area contributed by atoms with Crippen LogP contribution in [0.2, 0.25) is 0 Å². The minimum atomic E-state index is -0.456. The lowest BCUT2D eigenvalue weighted by atomic mass is 10.1. The van der Waals surface area contributed by atoms with Gasteiger partial charge in [0.15, 0.2) is 11.7 Å². The third kappa shape index (κ3) is 3.91. The molecular formula is C19H22N4O2. The molecule has 1 saturated heterocycles. The second-order valence-corrected chi connectivity index (χ2v) is 6.09. The van der Waals surface area contributed by atoms with Crippen LogP contribution in [0, 0.1) is 6.92 Å². The molecule has 6 nitrogen and oxygen atoms in total. The van der Waals surface area contributed by atoms with E-state index in [-0.39, 0.29) is 5.96 Å². The maximum atomic E-state index is 12.1. The average molecular weight is 338 g/mol. The molecule has 0 atom stereocenters.